The van der Waals surface area contributed by atoms with E-state index in [0.29, 0.717) is 11.4 Å². The predicted octanol–water partition coefficient (Wildman–Crippen LogP) is 0.671. The van der Waals surface area contributed by atoms with Crippen molar-refractivity contribution in [3.05, 3.63) is 34.5 Å². The van der Waals surface area contributed by atoms with Gasteiger partial charge in [0.2, 0.25) is 5.43 Å². The summed E-state index contributed by atoms with van der Waals surface area (Å²) in [5.41, 5.74) is 6.55. The van der Waals surface area contributed by atoms with Crippen LogP contribution in [-0.2, 0) is 0 Å². The van der Waals surface area contributed by atoms with Crippen LogP contribution in [0.15, 0.2) is 29.1 Å². The first kappa shape index (κ1) is 7.60. The number of hydrogen-bond acceptors (Lipinski definition) is 3. The fraction of sp³-hybridized carbons (Fsp3) is 0.125. The predicted molar refractivity (Wildman–Crippen MR) is 46.7 cm³/mol. The average Bonchev–Trinajstić information content (AvgIpc) is 2.13. The van der Waals surface area contributed by atoms with Crippen molar-refractivity contribution < 1.29 is 0 Å². The van der Waals surface area contributed by atoms with Crippen molar-refractivity contribution in [3.63, 3.8) is 0 Å². The van der Waals surface area contributed by atoms with Gasteiger partial charge >= 0.3 is 0 Å². The van der Waals surface area contributed by atoms with Crippen LogP contribution in [0.5, 0.6) is 0 Å². The zero-order valence-electron chi connectivity index (χ0n) is 6.29. The number of nitrogens with two attached hydrogens (primary N) is 1. The Labute approximate surface area is 64.9 Å². The summed E-state index contributed by atoms with van der Waals surface area (Å²) in [6.45, 7) is 0. The lowest BCUT2D eigenvalue weighted by atomic mass is 10.4. The molecule has 0 aliphatic rings. The maximum Gasteiger partial charge on any atom is 0.201 e. The van der Waals surface area contributed by atoms with Crippen molar-refractivity contribution in [1.82, 2.24) is 0 Å². The van der Waals surface area contributed by atoms with Gasteiger partial charge in [-0.3, -0.25) is 4.79 Å². The molecule has 1 rings (SSSR count). The van der Waals surface area contributed by atoms with E-state index in [4.69, 9.17) is 5.73 Å². The molecule has 0 aliphatic heterocycles. The van der Waals surface area contributed by atoms with Crippen LogP contribution in [0.1, 0.15) is 0 Å². The Bertz CT molecular complexity index is 309. The van der Waals surface area contributed by atoms with Crippen LogP contribution in [0.2, 0.25) is 0 Å². The summed E-state index contributed by atoms with van der Waals surface area (Å²) < 4.78 is 0. The molecule has 0 saturated heterocycles. The molecule has 0 saturated carbocycles. The average molecular weight is 150 g/mol. The first-order valence-electron chi connectivity index (χ1n) is 3.31. The standard InChI is InChI=1S/C8H10N2O/c1-10-7-5-6(9)3-2-4-8(7)11/h2-5H,9H2,1H3,(H,10,11). The van der Waals surface area contributed by atoms with E-state index in [0.717, 1.165) is 0 Å². The first-order chi connectivity index (χ1) is 5.24. The Morgan fingerprint density at radius 3 is 2.82 bits per heavy atom. The van der Waals surface area contributed by atoms with Crippen molar-refractivity contribution in [1.29, 1.82) is 0 Å². The number of hydrogen-bond donors (Lipinski definition) is 2. The Kier molecular flexibility index (Phi) is 2.11. The van der Waals surface area contributed by atoms with E-state index in [9.17, 15) is 4.79 Å². The molecule has 0 amide bonds. The Morgan fingerprint density at radius 2 is 2.18 bits per heavy atom. The van der Waals surface area contributed by atoms with Crippen LogP contribution >= 0.6 is 0 Å². The molecule has 1 aromatic rings. The zero-order valence-corrected chi connectivity index (χ0v) is 6.29. The van der Waals surface area contributed by atoms with Gasteiger partial charge in [0.25, 0.3) is 0 Å². The summed E-state index contributed by atoms with van der Waals surface area (Å²) in [5.74, 6) is 0. The molecule has 0 atom stereocenters. The highest BCUT2D eigenvalue weighted by Gasteiger charge is 1.92. The molecule has 1 aromatic carbocycles. The van der Waals surface area contributed by atoms with Crippen molar-refractivity contribution in [2.24, 2.45) is 0 Å². The summed E-state index contributed by atoms with van der Waals surface area (Å²) in [6, 6.07) is 6.41. The molecule has 58 valence electrons. The highest BCUT2D eigenvalue weighted by atomic mass is 16.1. The van der Waals surface area contributed by atoms with Gasteiger partial charge in [-0.2, -0.15) is 0 Å². The third-order valence-electron chi connectivity index (χ3n) is 1.38. The first-order valence-corrected chi connectivity index (χ1v) is 3.31. The smallest absolute Gasteiger partial charge is 0.201 e. The topological polar surface area (TPSA) is 55.1 Å². The van der Waals surface area contributed by atoms with Gasteiger partial charge in [0.05, 0.1) is 5.69 Å². The minimum atomic E-state index is -0.0517. The van der Waals surface area contributed by atoms with Gasteiger partial charge < -0.3 is 11.1 Å². The van der Waals surface area contributed by atoms with Crippen LogP contribution in [-0.4, -0.2) is 7.05 Å². The van der Waals surface area contributed by atoms with Gasteiger partial charge in [0.15, 0.2) is 0 Å². The summed E-state index contributed by atoms with van der Waals surface area (Å²) in [6.07, 6.45) is 0. The quantitative estimate of drug-likeness (QED) is 0.618. The lowest BCUT2D eigenvalue weighted by Crippen LogP contribution is -2.03. The van der Waals surface area contributed by atoms with Crippen LogP contribution in [0, 0.1) is 0 Å². The molecule has 0 bridgehead atoms. The van der Waals surface area contributed by atoms with Gasteiger partial charge in [-0.25, -0.2) is 0 Å². The molecule has 0 fully saturated rings. The summed E-state index contributed by atoms with van der Waals surface area (Å²) in [5, 5.41) is 2.76. The summed E-state index contributed by atoms with van der Waals surface area (Å²) in [7, 11) is 1.69. The largest absolute Gasteiger partial charge is 0.399 e. The van der Waals surface area contributed by atoms with E-state index in [1.807, 2.05) is 0 Å². The molecule has 0 radical (unpaired) electrons. The highest BCUT2D eigenvalue weighted by molar-refractivity contribution is 5.51. The van der Waals surface area contributed by atoms with E-state index < -0.39 is 0 Å². The van der Waals surface area contributed by atoms with Gasteiger partial charge in [-0.05, 0) is 18.2 Å². The lowest BCUT2D eigenvalue weighted by Gasteiger charge is -1.92. The highest BCUT2D eigenvalue weighted by Crippen LogP contribution is 2.03. The minimum absolute atomic E-state index is 0.0517. The molecule has 11 heavy (non-hydrogen) atoms. The molecular formula is C8H10N2O. The maximum absolute atomic E-state index is 11.1. The normalized spacial score (nSPS) is 9.18. The molecule has 0 heterocycles. The second-order valence-electron chi connectivity index (χ2n) is 2.20. The number of nitrogens with one attached hydrogen (secondary N) is 1. The molecule has 0 aromatic heterocycles. The fourth-order valence-electron chi connectivity index (χ4n) is 0.818. The second-order valence-corrected chi connectivity index (χ2v) is 2.20. The lowest BCUT2D eigenvalue weighted by molar-refractivity contribution is 1.49. The van der Waals surface area contributed by atoms with E-state index in [2.05, 4.69) is 5.32 Å². The van der Waals surface area contributed by atoms with Crippen LogP contribution in [0.4, 0.5) is 11.4 Å². The van der Waals surface area contributed by atoms with E-state index >= 15 is 0 Å². The molecule has 3 heteroatoms. The van der Waals surface area contributed by atoms with E-state index in [-0.39, 0.29) is 5.43 Å². The van der Waals surface area contributed by atoms with Crippen LogP contribution in [0.3, 0.4) is 0 Å². The van der Waals surface area contributed by atoms with Crippen molar-refractivity contribution in [2.75, 3.05) is 18.1 Å². The molecule has 0 unspecified atom stereocenters. The summed E-state index contributed by atoms with van der Waals surface area (Å²) in [4.78, 5) is 11.1. The summed E-state index contributed by atoms with van der Waals surface area (Å²) >= 11 is 0. The van der Waals surface area contributed by atoms with Crippen molar-refractivity contribution in [2.45, 2.75) is 0 Å². The molecule has 0 spiro atoms. The Balaban J connectivity index is 3.37. The molecule has 0 aliphatic carbocycles. The SMILES string of the molecule is CNc1cc(N)cccc1=O. The Hall–Kier alpha value is -1.51. The molecule has 3 nitrogen and oxygen atoms in total. The molecular weight excluding hydrogens is 140 g/mol. The molecule has 3 N–H and O–H groups in total. The van der Waals surface area contributed by atoms with Gasteiger partial charge in [-0.1, -0.05) is 6.07 Å². The van der Waals surface area contributed by atoms with Gasteiger partial charge in [0, 0.05) is 12.7 Å². The van der Waals surface area contributed by atoms with Crippen LogP contribution < -0.4 is 16.5 Å². The Morgan fingerprint density at radius 1 is 1.45 bits per heavy atom. The minimum Gasteiger partial charge on any atom is -0.399 e. The zero-order chi connectivity index (χ0) is 8.27. The van der Waals surface area contributed by atoms with Crippen LogP contribution in [0.25, 0.3) is 0 Å². The van der Waals surface area contributed by atoms with Gasteiger partial charge in [0.1, 0.15) is 0 Å². The van der Waals surface area contributed by atoms with Gasteiger partial charge in [-0.15, -0.1) is 0 Å². The third kappa shape index (κ3) is 1.70. The van der Waals surface area contributed by atoms with E-state index in [1.165, 1.54) is 6.07 Å². The fourth-order valence-corrected chi connectivity index (χ4v) is 0.818. The number of rotatable bonds is 1. The van der Waals surface area contributed by atoms with E-state index in [1.54, 1.807) is 25.2 Å². The number of nitrogen functional groups attached to an aromatic ring is 1. The maximum atomic E-state index is 11.1. The monoisotopic (exact) mass is 150 g/mol. The number of anilines is 2. The third-order valence-corrected chi connectivity index (χ3v) is 1.38. The second kappa shape index (κ2) is 3.05. The van der Waals surface area contributed by atoms with Crippen molar-refractivity contribution >= 4 is 11.4 Å². The van der Waals surface area contributed by atoms with Crippen molar-refractivity contribution in [3.8, 4) is 0 Å².